The van der Waals surface area contributed by atoms with E-state index in [9.17, 15) is 4.79 Å². The molecule has 0 saturated heterocycles. The van der Waals surface area contributed by atoms with Gasteiger partial charge in [-0.25, -0.2) is 4.98 Å². The van der Waals surface area contributed by atoms with Gasteiger partial charge in [-0.1, -0.05) is 12.1 Å². The minimum Gasteiger partial charge on any atom is -0.399 e. The first-order valence-corrected chi connectivity index (χ1v) is 6.39. The molecule has 18 heavy (non-hydrogen) atoms. The molecule has 0 fully saturated rings. The largest absolute Gasteiger partial charge is 0.399 e. The first kappa shape index (κ1) is 11.0. The van der Waals surface area contributed by atoms with E-state index in [1.54, 1.807) is 10.9 Å². The predicted molar refractivity (Wildman–Crippen MR) is 73.8 cm³/mol. The lowest BCUT2D eigenvalue weighted by atomic mass is 10.2. The van der Waals surface area contributed by atoms with E-state index >= 15 is 0 Å². The molecule has 0 aliphatic heterocycles. The van der Waals surface area contributed by atoms with Crippen molar-refractivity contribution in [2.45, 2.75) is 6.54 Å². The molecule has 5 heteroatoms. The summed E-state index contributed by atoms with van der Waals surface area (Å²) in [7, 11) is 0. The van der Waals surface area contributed by atoms with Crippen LogP contribution >= 0.6 is 11.3 Å². The number of nitrogen functional groups attached to an aromatic ring is 1. The predicted octanol–water partition coefficient (Wildman–Crippen LogP) is 2.09. The zero-order chi connectivity index (χ0) is 12.5. The summed E-state index contributed by atoms with van der Waals surface area (Å²) in [5, 5.41) is 2.56. The highest BCUT2D eigenvalue weighted by molar-refractivity contribution is 7.16. The average Bonchev–Trinajstić information content (AvgIpc) is 2.84. The number of hydrogen-bond acceptors (Lipinski definition) is 4. The monoisotopic (exact) mass is 257 g/mol. The van der Waals surface area contributed by atoms with Crippen LogP contribution in [-0.4, -0.2) is 9.55 Å². The Kier molecular flexibility index (Phi) is 2.60. The van der Waals surface area contributed by atoms with E-state index in [-0.39, 0.29) is 5.56 Å². The Labute approximate surface area is 107 Å². The van der Waals surface area contributed by atoms with Crippen molar-refractivity contribution in [2.24, 2.45) is 0 Å². The zero-order valence-corrected chi connectivity index (χ0v) is 10.4. The topological polar surface area (TPSA) is 60.9 Å². The number of thiophene rings is 1. The SMILES string of the molecule is Nc1ccc(Cn2cnc3sccc3c2=O)cc1. The minimum absolute atomic E-state index is 0.00178. The van der Waals surface area contributed by atoms with Crippen LogP contribution in [0.1, 0.15) is 5.56 Å². The van der Waals surface area contributed by atoms with E-state index in [2.05, 4.69) is 4.98 Å². The van der Waals surface area contributed by atoms with Crippen molar-refractivity contribution in [1.29, 1.82) is 0 Å². The van der Waals surface area contributed by atoms with Crippen LogP contribution < -0.4 is 11.3 Å². The molecule has 0 aliphatic rings. The van der Waals surface area contributed by atoms with Gasteiger partial charge in [-0.05, 0) is 29.1 Å². The molecule has 1 aromatic carbocycles. The highest BCUT2D eigenvalue weighted by atomic mass is 32.1. The van der Waals surface area contributed by atoms with Crippen molar-refractivity contribution < 1.29 is 0 Å². The van der Waals surface area contributed by atoms with Crippen molar-refractivity contribution in [2.75, 3.05) is 5.73 Å². The normalized spacial score (nSPS) is 10.9. The number of hydrogen-bond donors (Lipinski definition) is 1. The standard InChI is InChI=1S/C13H11N3OS/c14-10-3-1-9(2-4-10)7-16-8-15-12-11(13(16)17)5-6-18-12/h1-6,8H,7,14H2. The van der Waals surface area contributed by atoms with Crippen LogP contribution in [-0.2, 0) is 6.54 Å². The van der Waals surface area contributed by atoms with Crippen LogP contribution in [0.4, 0.5) is 5.69 Å². The maximum atomic E-state index is 12.2. The lowest BCUT2D eigenvalue weighted by molar-refractivity contribution is 0.749. The molecule has 3 aromatic rings. The molecule has 0 bridgehead atoms. The number of benzene rings is 1. The summed E-state index contributed by atoms with van der Waals surface area (Å²) >= 11 is 1.48. The van der Waals surface area contributed by atoms with Crippen LogP contribution in [0, 0.1) is 0 Å². The van der Waals surface area contributed by atoms with Gasteiger partial charge >= 0.3 is 0 Å². The minimum atomic E-state index is -0.00178. The number of aromatic nitrogens is 2. The van der Waals surface area contributed by atoms with Crippen molar-refractivity contribution in [1.82, 2.24) is 9.55 Å². The molecule has 0 atom stereocenters. The molecule has 4 nitrogen and oxygen atoms in total. The first-order chi connectivity index (χ1) is 8.74. The Morgan fingerprint density at radius 1 is 1.22 bits per heavy atom. The summed E-state index contributed by atoms with van der Waals surface area (Å²) in [5.41, 5.74) is 7.38. The van der Waals surface area contributed by atoms with Gasteiger partial charge in [0.15, 0.2) is 0 Å². The van der Waals surface area contributed by atoms with Gasteiger partial charge < -0.3 is 5.73 Å². The third kappa shape index (κ3) is 1.89. The van der Waals surface area contributed by atoms with Gasteiger partial charge in [0.25, 0.3) is 5.56 Å². The van der Waals surface area contributed by atoms with Crippen molar-refractivity contribution in [3.63, 3.8) is 0 Å². The van der Waals surface area contributed by atoms with Gasteiger partial charge in [-0.3, -0.25) is 9.36 Å². The summed E-state index contributed by atoms with van der Waals surface area (Å²) in [4.78, 5) is 17.2. The van der Waals surface area contributed by atoms with Crippen LogP contribution in [0.2, 0.25) is 0 Å². The van der Waals surface area contributed by atoms with Gasteiger partial charge in [0.05, 0.1) is 18.3 Å². The molecular formula is C13H11N3OS. The maximum Gasteiger partial charge on any atom is 0.262 e. The van der Waals surface area contributed by atoms with Crippen LogP contribution in [0.25, 0.3) is 10.2 Å². The van der Waals surface area contributed by atoms with Crippen molar-refractivity contribution >= 4 is 27.2 Å². The third-order valence-corrected chi connectivity index (χ3v) is 3.60. The molecule has 2 heterocycles. The Balaban J connectivity index is 2.02. The highest BCUT2D eigenvalue weighted by Gasteiger charge is 2.05. The lowest BCUT2D eigenvalue weighted by Gasteiger charge is -2.05. The summed E-state index contributed by atoms with van der Waals surface area (Å²) in [6.45, 7) is 0.512. The molecule has 0 spiro atoms. The first-order valence-electron chi connectivity index (χ1n) is 5.51. The van der Waals surface area contributed by atoms with E-state index in [4.69, 9.17) is 5.73 Å². The molecule has 0 saturated carbocycles. The highest BCUT2D eigenvalue weighted by Crippen LogP contribution is 2.14. The van der Waals surface area contributed by atoms with Crippen LogP contribution in [0.5, 0.6) is 0 Å². The second-order valence-electron chi connectivity index (χ2n) is 4.06. The van der Waals surface area contributed by atoms with Gasteiger partial charge in [-0.15, -0.1) is 11.3 Å². The van der Waals surface area contributed by atoms with E-state index in [0.29, 0.717) is 11.9 Å². The molecule has 0 radical (unpaired) electrons. The Bertz CT molecular complexity index is 743. The van der Waals surface area contributed by atoms with Crippen LogP contribution in [0.3, 0.4) is 0 Å². The molecule has 2 aromatic heterocycles. The fourth-order valence-corrected chi connectivity index (χ4v) is 2.55. The summed E-state index contributed by atoms with van der Waals surface area (Å²) < 4.78 is 1.61. The summed E-state index contributed by atoms with van der Waals surface area (Å²) in [6.07, 6.45) is 1.59. The molecule has 0 aliphatic carbocycles. The average molecular weight is 257 g/mol. The van der Waals surface area contributed by atoms with Crippen LogP contribution in [0.15, 0.2) is 46.8 Å². The molecular weight excluding hydrogens is 246 g/mol. The molecule has 3 rings (SSSR count). The molecule has 2 N–H and O–H groups in total. The third-order valence-electron chi connectivity index (χ3n) is 2.78. The van der Waals surface area contributed by atoms with Gasteiger partial charge in [0.2, 0.25) is 0 Å². The number of nitrogens with zero attached hydrogens (tertiary/aromatic N) is 2. The van der Waals surface area contributed by atoms with E-state index in [0.717, 1.165) is 16.1 Å². The smallest absolute Gasteiger partial charge is 0.262 e. The molecule has 90 valence electrons. The van der Waals surface area contributed by atoms with Crippen molar-refractivity contribution in [3.05, 3.63) is 58.0 Å². The molecule has 0 amide bonds. The number of rotatable bonds is 2. The zero-order valence-electron chi connectivity index (χ0n) is 9.54. The van der Waals surface area contributed by atoms with Gasteiger partial charge in [0.1, 0.15) is 4.83 Å². The Morgan fingerprint density at radius 3 is 2.78 bits per heavy atom. The summed E-state index contributed by atoms with van der Waals surface area (Å²) in [5.74, 6) is 0. The maximum absolute atomic E-state index is 12.2. The lowest BCUT2D eigenvalue weighted by Crippen LogP contribution is -2.20. The van der Waals surface area contributed by atoms with E-state index in [1.807, 2.05) is 35.7 Å². The second kappa shape index (κ2) is 4.27. The van der Waals surface area contributed by atoms with Gasteiger partial charge in [-0.2, -0.15) is 0 Å². The fourth-order valence-electron chi connectivity index (χ4n) is 1.83. The van der Waals surface area contributed by atoms with Crippen molar-refractivity contribution in [3.8, 4) is 0 Å². The fraction of sp³-hybridized carbons (Fsp3) is 0.0769. The van der Waals surface area contributed by atoms with E-state index < -0.39 is 0 Å². The van der Waals surface area contributed by atoms with E-state index in [1.165, 1.54) is 11.3 Å². The Morgan fingerprint density at radius 2 is 2.00 bits per heavy atom. The Hall–Kier alpha value is -2.14. The second-order valence-corrected chi connectivity index (χ2v) is 4.95. The number of fused-ring (bicyclic) bond motifs is 1. The quantitative estimate of drug-likeness (QED) is 0.715. The number of anilines is 1. The number of nitrogens with two attached hydrogens (primary N) is 1. The molecule has 0 unspecified atom stereocenters. The summed E-state index contributed by atoms with van der Waals surface area (Å²) in [6, 6.07) is 9.31. The van der Waals surface area contributed by atoms with Gasteiger partial charge in [0, 0.05) is 5.69 Å².